The van der Waals surface area contributed by atoms with Crippen LogP contribution in [0.1, 0.15) is 5.56 Å². The molecule has 3 aromatic rings. The average Bonchev–Trinajstić information content (AvgIpc) is 3.04. The number of anilines is 2. The molecule has 2 aromatic carbocycles. The van der Waals surface area contributed by atoms with Crippen LogP contribution in [0.4, 0.5) is 11.6 Å². The van der Waals surface area contributed by atoms with Crippen LogP contribution in [-0.4, -0.2) is 27.0 Å². The summed E-state index contributed by atoms with van der Waals surface area (Å²) in [5.74, 6) is 1.10. The lowest BCUT2D eigenvalue weighted by Gasteiger charge is -2.11. The third-order valence-electron chi connectivity index (χ3n) is 3.41. The Bertz CT molecular complexity index is 883. The molecule has 0 amide bonds. The maximum absolute atomic E-state index is 6.16. The van der Waals surface area contributed by atoms with Gasteiger partial charge in [-0.3, -0.25) is 5.32 Å². The molecule has 6 nitrogen and oxygen atoms in total. The molecule has 2 N–H and O–H groups in total. The first-order valence-electron chi connectivity index (χ1n) is 7.49. The van der Waals surface area contributed by atoms with Crippen LogP contribution in [0.15, 0.2) is 54.9 Å². The number of thiocarbonyl (C=S) groups is 1. The van der Waals surface area contributed by atoms with Gasteiger partial charge in [0.2, 0.25) is 5.95 Å². The van der Waals surface area contributed by atoms with Crippen molar-refractivity contribution in [2.75, 3.05) is 17.7 Å². The van der Waals surface area contributed by atoms with Crippen LogP contribution in [0.25, 0.3) is 0 Å². The molecule has 0 radical (unpaired) electrons. The third-order valence-corrected chi connectivity index (χ3v) is 3.98. The smallest absolute Gasteiger partial charge is 0.248 e. The van der Waals surface area contributed by atoms with E-state index in [1.165, 1.54) is 0 Å². The first-order valence-corrected chi connectivity index (χ1v) is 8.28. The Morgan fingerprint density at radius 1 is 1.16 bits per heavy atom. The Balaban J connectivity index is 1.63. The zero-order valence-electron chi connectivity index (χ0n) is 13.4. The molecular weight excluding hydrogens is 358 g/mol. The van der Waals surface area contributed by atoms with E-state index in [4.69, 9.17) is 28.6 Å². The van der Waals surface area contributed by atoms with Gasteiger partial charge >= 0.3 is 0 Å². The molecule has 0 saturated heterocycles. The summed E-state index contributed by atoms with van der Waals surface area (Å²) < 4.78 is 6.97. The highest BCUT2D eigenvalue weighted by Crippen LogP contribution is 2.23. The minimum Gasteiger partial charge on any atom is -0.495 e. The zero-order chi connectivity index (χ0) is 17.6. The van der Waals surface area contributed by atoms with Crippen molar-refractivity contribution >= 4 is 40.6 Å². The molecule has 0 aliphatic carbocycles. The molecule has 0 unspecified atom stereocenters. The van der Waals surface area contributed by atoms with E-state index in [0.717, 1.165) is 11.3 Å². The molecule has 0 fully saturated rings. The molecule has 0 atom stereocenters. The lowest BCUT2D eigenvalue weighted by Crippen LogP contribution is -2.20. The SMILES string of the molecule is COc1ccccc1NC(=S)Nc1ncn(Cc2ccccc2Cl)n1. The summed E-state index contributed by atoms with van der Waals surface area (Å²) in [6.07, 6.45) is 1.62. The molecule has 128 valence electrons. The van der Waals surface area contributed by atoms with E-state index < -0.39 is 0 Å². The van der Waals surface area contributed by atoms with Gasteiger partial charge < -0.3 is 10.1 Å². The summed E-state index contributed by atoms with van der Waals surface area (Å²) in [4.78, 5) is 4.21. The Kier molecular flexibility index (Phi) is 5.47. The number of nitrogens with one attached hydrogen (secondary N) is 2. The van der Waals surface area contributed by atoms with Crippen LogP contribution in [0.5, 0.6) is 5.75 Å². The van der Waals surface area contributed by atoms with Gasteiger partial charge in [-0.2, -0.15) is 0 Å². The molecule has 1 aromatic heterocycles. The number of aromatic nitrogens is 3. The number of methoxy groups -OCH3 is 1. The molecule has 0 spiro atoms. The largest absolute Gasteiger partial charge is 0.495 e. The van der Waals surface area contributed by atoms with Gasteiger partial charge in [0.05, 0.1) is 19.3 Å². The highest BCUT2D eigenvalue weighted by Gasteiger charge is 2.08. The van der Waals surface area contributed by atoms with Gasteiger partial charge in [0.15, 0.2) is 5.11 Å². The molecule has 25 heavy (non-hydrogen) atoms. The number of ether oxygens (including phenoxy) is 1. The highest BCUT2D eigenvalue weighted by molar-refractivity contribution is 7.80. The van der Waals surface area contributed by atoms with Crippen LogP contribution in [0, 0.1) is 0 Å². The molecule has 0 bridgehead atoms. The summed E-state index contributed by atoms with van der Waals surface area (Å²) in [6, 6.07) is 15.1. The highest BCUT2D eigenvalue weighted by atomic mass is 35.5. The summed E-state index contributed by atoms with van der Waals surface area (Å²) in [5.41, 5.74) is 1.73. The summed E-state index contributed by atoms with van der Waals surface area (Å²) >= 11 is 11.5. The van der Waals surface area contributed by atoms with Crippen LogP contribution in [0.3, 0.4) is 0 Å². The predicted molar refractivity (Wildman–Crippen MR) is 103 cm³/mol. The second kappa shape index (κ2) is 7.96. The maximum atomic E-state index is 6.16. The fourth-order valence-electron chi connectivity index (χ4n) is 2.23. The number of halogens is 1. The fraction of sp³-hybridized carbons (Fsp3) is 0.118. The predicted octanol–water partition coefficient (Wildman–Crippen LogP) is 3.80. The van der Waals surface area contributed by atoms with Crippen molar-refractivity contribution in [3.05, 3.63) is 65.4 Å². The Labute approximate surface area is 155 Å². The van der Waals surface area contributed by atoms with Gasteiger partial charge in [-0.15, -0.1) is 5.10 Å². The number of nitrogens with zero attached hydrogens (tertiary/aromatic N) is 3. The first kappa shape index (κ1) is 17.2. The van der Waals surface area contributed by atoms with E-state index in [2.05, 4.69) is 20.7 Å². The van der Waals surface area contributed by atoms with Crippen LogP contribution >= 0.6 is 23.8 Å². The van der Waals surface area contributed by atoms with Crippen molar-refractivity contribution < 1.29 is 4.74 Å². The summed E-state index contributed by atoms with van der Waals surface area (Å²) in [5, 5.41) is 11.4. The minimum atomic E-state index is 0.375. The van der Waals surface area contributed by atoms with Crippen LogP contribution in [-0.2, 0) is 6.54 Å². The lowest BCUT2D eigenvalue weighted by molar-refractivity contribution is 0.417. The van der Waals surface area contributed by atoms with Gasteiger partial charge in [0.25, 0.3) is 0 Å². The number of hydrogen-bond acceptors (Lipinski definition) is 4. The molecule has 3 rings (SSSR count). The number of benzene rings is 2. The number of rotatable bonds is 5. The number of para-hydroxylation sites is 2. The summed E-state index contributed by atoms with van der Waals surface area (Å²) in [6.45, 7) is 0.529. The maximum Gasteiger partial charge on any atom is 0.248 e. The van der Waals surface area contributed by atoms with Gasteiger partial charge in [-0.25, -0.2) is 9.67 Å². The monoisotopic (exact) mass is 373 g/mol. The molecule has 0 saturated carbocycles. The van der Waals surface area contributed by atoms with Crippen molar-refractivity contribution in [3.8, 4) is 5.75 Å². The van der Waals surface area contributed by atoms with Crippen molar-refractivity contribution in [2.45, 2.75) is 6.54 Å². The van der Waals surface area contributed by atoms with Crippen LogP contribution in [0.2, 0.25) is 5.02 Å². The van der Waals surface area contributed by atoms with Crippen molar-refractivity contribution in [1.82, 2.24) is 14.8 Å². The zero-order valence-corrected chi connectivity index (χ0v) is 15.0. The van der Waals surface area contributed by atoms with Gasteiger partial charge in [0, 0.05) is 5.02 Å². The normalized spacial score (nSPS) is 10.3. The van der Waals surface area contributed by atoms with Gasteiger partial charge in [-0.1, -0.05) is 41.9 Å². The minimum absolute atomic E-state index is 0.375. The second-order valence-corrected chi connectivity index (χ2v) is 5.95. The lowest BCUT2D eigenvalue weighted by atomic mass is 10.2. The molecular formula is C17H16ClN5OS. The third kappa shape index (κ3) is 4.46. The van der Waals surface area contributed by atoms with Crippen molar-refractivity contribution in [1.29, 1.82) is 0 Å². The Morgan fingerprint density at radius 3 is 2.72 bits per heavy atom. The second-order valence-electron chi connectivity index (χ2n) is 5.14. The average molecular weight is 374 g/mol. The number of hydrogen-bond donors (Lipinski definition) is 2. The van der Waals surface area contributed by atoms with Crippen molar-refractivity contribution in [2.24, 2.45) is 0 Å². The molecule has 0 aliphatic rings. The fourth-order valence-corrected chi connectivity index (χ4v) is 2.63. The van der Waals surface area contributed by atoms with E-state index in [9.17, 15) is 0 Å². The van der Waals surface area contributed by atoms with Gasteiger partial charge in [-0.05, 0) is 36.0 Å². The van der Waals surface area contributed by atoms with E-state index in [1.807, 2.05) is 48.5 Å². The topological polar surface area (TPSA) is 64.0 Å². The Hall–Kier alpha value is -2.64. The standard InChI is InChI=1S/C17H16ClN5OS/c1-24-15-9-5-4-8-14(15)20-17(25)21-16-19-11-23(22-16)10-12-6-2-3-7-13(12)18/h2-9,11H,10H2,1H3,(H2,20,21,22,25). The summed E-state index contributed by atoms with van der Waals surface area (Å²) in [7, 11) is 1.61. The van der Waals surface area contributed by atoms with Crippen LogP contribution < -0.4 is 15.4 Å². The molecule has 0 aliphatic heterocycles. The first-order chi connectivity index (χ1) is 12.2. The quantitative estimate of drug-likeness (QED) is 0.663. The van der Waals surface area contributed by atoms with Gasteiger partial charge in [0.1, 0.15) is 12.1 Å². The van der Waals surface area contributed by atoms with E-state index >= 15 is 0 Å². The Morgan fingerprint density at radius 2 is 1.92 bits per heavy atom. The molecule has 8 heteroatoms. The van der Waals surface area contributed by atoms with E-state index in [1.54, 1.807) is 18.1 Å². The van der Waals surface area contributed by atoms with E-state index in [-0.39, 0.29) is 0 Å². The molecule has 1 heterocycles. The van der Waals surface area contributed by atoms with Crippen molar-refractivity contribution in [3.63, 3.8) is 0 Å². The van der Waals surface area contributed by atoms with E-state index in [0.29, 0.717) is 28.4 Å².